The monoisotopic (exact) mass is 610 g/mol. The van der Waals surface area contributed by atoms with Crippen LogP contribution in [0.1, 0.15) is 0 Å². The Morgan fingerprint density at radius 3 is 1.50 bits per heavy atom. The number of hydrogen-bond donors (Lipinski definition) is 0. The normalized spacial score (nSPS) is 12.2. The fourth-order valence-corrected chi connectivity index (χ4v) is 8.11. The third-order valence-electron chi connectivity index (χ3n) is 10.2. The van der Waals surface area contributed by atoms with Crippen molar-refractivity contribution in [3.8, 4) is 22.3 Å². The van der Waals surface area contributed by atoms with Gasteiger partial charge in [-0.05, 0) is 96.4 Å². The van der Waals surface area contributed by atoms with Gasteiger partial charge in [0, 0.05) is 26.9 Å². The Morgan fingerprint density at radius 1 is 0.292 bits per heavy atom. The van der Waals surface area contributed by atoms with Gasteiger partial charge in [0.15, 0.2) is 0 Å². The van der Waals surface area contributed by atoms with Crippen LogP contribution in [-0.2, 0) is 0 Å². The molecule has 222 valence electrons. The molecule has 0 radical (unpaired) electrons. The fraction of sp³-hybridized carbons (Fsp3) is 0. The molecular formula is C46H26O2. The SMILES string of the molecule is c1ccc2cc(-c3c4ccccc4c(-c4ccc5oc6ccc7oc8c9ccccc9ccc8c7c6c5c4)c4ccccc34)ccc2c1. The summed E-state index contributed by atoms with van der Waals surface area (Å²) in [5.74, 6) is 0. The lowest BCUT2D eigenvalue weighted by Gasteiger charge is -2.18. The maximum absolute atomic E-state index is 6.56. The molecule has 0 bridgehead atoms. The molecule has 0 unspecified atom stereocenters. The number of rotatable bonds is 2. The maximum Gasteiger partial charge on any atom is 0.143 e. The molecule has 2 heteroatoms. The Kier molecular flexibility index (Phi) is 5.14. The topological polar surface area (TPSA) is 26.3 Å². The Balaban J connectivity index is 1.23. The standard InChI is InChI=1S/C46H26O2/c1-2-11-29-25-30(18-17-27(29)9-1)42-33-13-5-7-15-35(33)43(36-16-8-6-14-34(36)42)31-20-22-39-38(26-31)45-40(47-39)23-24-41-44(45)37-21-19-28-10-3-4-12-32(28)46(37)48-41/h1-26H. The Hall–Kier alpha value is -6.38. The van der Waals surface area contributed by atoms with Gasteiger partial charge >= 0.3 is 0 Å². The summed E-state index contributed by atoms with van der Waals surface area (Å²) in [6.07, 6.45) is 0. The van der Waals surface area contributed by atoms with Crippen molar-refractivity contribution in [3.05, 3.63) is 158 Å². The van der Waals surface area contributed by atoms with Gasteiger partial charge in [0.05, 0.1) is 0 Å². The minimum Gasteiger partial charge on any atom is -0.456 e. The first kappa shape index (κ1) is 25.8. The fourth-order valence-electron chi connectivity index (χ4n) is 8.11. The smallest absolute Gasteiger partial charge is 0.143 e. The van der Waals surface area contributed by atoms with Gasteiger partial charge in [-0.2, -0.15) is 0 Å². The lowest BCUT2D eigenvalue weighted by molar-refractivity contribution is 0.664. The number of furan rings is 2. The molecule has 0 saturated carbocycles. The van der Waals surface area contributed by atoms with Crippen LogP contribution in [0.25, 0.3) is 109 Å². The van der Waals surface area contributed by atoms with E-state index in [1.165, 1.54) is 54.4 Å². The lowest BCUT2D eigenvalue weighted by Crippen LogP contribution is -1.91. The minimum absolute atomic E-state index is 0.867. The minimum atomic E-state index is 0.867. The molecular weight excluding hydrogens is 585 g/mol. The van der Waals surface area contributed by atoms with Crippen molar-refractivity contribution in [2.24, 2.45) is 0 Å². The van der Waals surface area contributed by atoms with Crippen LogP contribution in [0.4, 0.5) is 0 Å². The molecule has 2 aromatic heterocycles. The van der Waals surface area contributed by atoms with E-state index < -0.39 is 0 Å². The van der Waals surface area contributed by atoms with E-state index in [0.29, 0.717) is 0 Å². The van der Waals surface area contributed by atoms with Crippen molar-refractivity contribution in [2.75, 3.05) is 0 Å². The van der Waals surface area contributed by atoms with Crippen molar-refractivity contribution < 1.29 is 8.83 Å². The van der Waals surface area contributed by atoms with E-state index in [4.69, 9.17) is 8.83 Å². The van der Waals surface area contributed by atoms with Gasteiger partial charge < -0.3 is 8.83 Å². The van der Waals surface area contributed by atoms with Gasteiger partial charge in [-0.1, -0.05) is 121 Å². The van der Waals surface area contributed by atoms with E-state index in [1.54, 1.807) is 0 Å². The van der Waals surface area contributed by atoms with Crippen molar-refractivity contribution in [1.29, 1.82) is 0 Å². The lowest BCUT2D eigenvalue weighted by atomic mass is 9.85. The summed E-state index contributed by atoms with van der Waals surface area (Å²) in [7, 11) is 0. The molecule has 2 nitrogen and oxygen atoms in total. The Bertz CT molecular complexity index is 3060. The van der Waals surface area contributed by atoms with Crippen LogP contribution >= 0.6 is 0 Å². The molecule has 0 N–H and O–H groups in total. The van der Waals surface area contributed by atoms with Gasteiger partial charge in [0.25, 0.3) is 0 Å². The zero-order valence-electron chi connectivity index (χ0n) is 25.8. The highest BCUT2D eigenvalue weighted by molar-refractivity contribution is 6.29. The average molecular weight is 611 g/mol. The summed E-state index contributed by atoms with van der Waals surface area (Å²) in [5, 5.41) is 14.1. The van der Waals surface area contributed by atoms with E-state index in [9.17, 15) is 0 Å². The summed E-state index contributed by atoms with van der Waals surface area (Å²) >= 11 is 0. The molecule has 0 aliphatic rings. The highest BCUT2D eigenvalue weighted by atomic mass is 16.3. The summed E-state index contributed by atoms with van der Waals surface area (Å²) in [6.45, 7) is 0. The largest absolute Gasteiger partial charge is 0.456 e. The average Bonchev–Trinajstić information content (AvgIpc) is 3.71. The zero-order valence-corrected chi connectivity index (χ0v) is 25.8. The van der Waals surface area contributed by atoms with E-state index in [1.807, 2.05) is 12.1 Å². The van der Waals surface area contributed by atoms with Crippen LogP contribution in [0.15, 0.2) is 167 Å². The molecule has 9 aromatic carbocycles. The van der Waals surface area contributed by atoms with Gasteiger partial charge in [-0.3, -0.25) is 0 Å². The number of hydrogen-bond acceptors (Lipinski definition) is 2. The molecule has 0 atom stereocenters. The van der Waals surface area contributed by atoms with Crippen molar-refractivity contribution in [1.82, 2.24) is 0 Å². The van der Waals surface area contributed by atoms with Gasteiger partial charge in [-0.15, -0.1) is 0 Å². The van der Waals surface area contributed by atoms with Crippen LogP contribution in [0, 0.1) is 0 Å². The quantitative estimate of drug-likeness (QED) is 0.182. The van der Waals surface area contributed by atoms with E-state index in [-0.39, 0.29) is 0 Å². The van der Waals surface area contributed by atoms with Gasteiger partial charge in [0.2, 0.25) is 0 Å². The number of fused-ring (bicyclic) bond motifs is 12. The summed E-state index contributed by atoms with van der Waals surface area (Å²) in [6, 6.07) is 56.7. The highest BCUT2D eigenvalue weighted by Gasteiger charge is 2.20. The molecule has 2 heterocycles. The van der Waals surface area contributed by atoms with E-state index in [0.717, 1.165) is 54.8 Å². The maximum atomic E-state index is 6.56. The van der Waals surface area contributed by atoms with Crippen molar-refractivity contribution in [3.63, 3.8) is 0 Å². The molecule has 11 aromatic rings. The molecule has 0 spiro atoms. The second kappa shape index (κ2) is 9.57. The summed E-state index contributed by atoms with van der Waals surface area (Å²) in [4.78, 5) is 0. The van der Waals surface area contributed by atoms with Crippen LogP contribution in [0.5, 0.6) is 0 Å². The highest BCUT2D eigenvalue weighted by Crippen LogP contribution is 2.47. The molecule has 0 saturated heterocycles. The Morgan fingerprint density at radius 2 is 0.792 bits per heavy atom. The van der Waals surface area contributed by atoms with E-state index in [2.05, 4.69) is 146 Å². The second-order valence-corrected chi connectivity index (χ2v) is 12.8. The van der Waals surface area contributed by atoms with Crippen LogP contribution < -0.4 is 0 Å². The van der Waals surface area contributed by atoms with Crippen LogP contribution in [0.3, 0.4) is 0 Å². The molecule has 0 amide bonds. The number of benzene rings is 9. The second-order valence-electron chi connectivity index (χ2n) is 12.8. The first-order valence-electron chi connectivity index (χ1n) is 16.4. The molecule has 48 heavy (non-hydrogen) atoms. The predicted molar refractivity (Wildman–Crippen MR) is 202 cm³/mol. The predicted octanol–water partition coefficient (Wildman–Crippen LogP) is 13.4. The molecule has 0 aliphatic carbocycles. The summed E-state index contributed by atoms with van der Waals surface area (Å²) < 4.78 is 13.1. The summed E-state index contributed by atoms with van der Waals surface area (Å²) in [5.41, 5.74) is 8.43. The van der Waals surface area contributed by atoms with Gasteiger partial charge in [-0.25, -0.2) is 0 Å². The van der Waals surface area contributed by atoms with Crippen molar-refractivity contribution >= 4 is 87.0 Å². The van der Waals surface area contributed by atoms with Gasteiger partial charge in [0.1, 0.15) is 22.3 Å². The molecule has 0 aliphatic heterocycles. The first-order valence-corrected chi connectivity index (χ1v) is 16.4. The van der Waals surface area contributed by atoms with Crippen molar-refractivity contribution in [2.45, 2.75) is 0 Å². The molecule has 11 rings (SSSR count). The van der Waals surface area contributed by atoms with Crippen LogP contribution in [0.2, 0.25) is 0 Å². The van der Waals surface area contributed by atoms with E-state index >= 15 is 0 Å². The third-order valence-corrected chi connectivity index (χ3v) is 10.2. The molecule has 0 fully saturated rings. The Labute approximate surface area is 275 Å². The third kappa shape index (κ3) is 3.52. The van der Waals surface area contributed by atoms with Crippen LogP contribution in [-0.4, -0.2) is 0 Å². The first-order chi connectivity index (χ1) is 23.8. The zero-order chi connectivity index (χ0) is 31.3.